The molecule has 2 N–H and O–H groups in total. The number of aromatic nitrogens is 1. The van der Waals surface area contributed by atoms with Gasteiger partial charge in [0.05, 0.1) is 17.8 Å². The lowest BCUT2D eigenvalue weighted by Gasteiger charge is -2.38. The van der Waals surface area contributed by atoms with Gasteiger partial charge >= 0.3 is 0 Å². The van der Waals surface area contributed by atoms with Crippen LogP contribution in [0.15, 0.2) is 82.6 Å². The van der Waals surface area contributed by atoms with Gasteiger partial charge in [-0.15, -0.1) is 11.3 Å². The topological polar surface area (TPSA) is 58.5 Å². The van der Waals surface area contributed by atoms with Crippen LogP contribution in [0.2, 0.25) is 0 Å². The molecule has 43 heavy (non-hydrogen) atoms. The van der Waals surface area contributed by atoms with Crippen LogP contribution in [-0.2, 0) is 12.8 Å². The van der Waals surface area contributed by atoms with Crippen molar-refractivity contribution in [1.82, 2.24) is 14.8 Å². The average Bonchev–Trinajstić information content (AvgIpc) is 3.70. The molecule has 6 heteroatoms. The van der Waals surface area contributed by atoms with Crippen LogP contribution in [0.1, 0.15) is 97.4 Å². The molecule has 0 radical (unpaired) electrons. The fourth-order valence-corrected chi connectivity index (χ4v) is 8.20. The Morgan fingerprint density at radius 1 is 0.884 bits per heavy atom. The summed E-state index contributed by atoms with van der Waals surface area (Å²) in [5.41, 5.74) is 10.3. The first-order valence-electron chi connectivity index (χ1n) is 16.2. The Balaban J connectivity index is 1.37. The lowest BCUT2D eigenvalue weighted by molar-refractivity contribution is 0.112. The van der Waals surface area contributed by atoms with Crippen LogP contribution >= 0.6 is 11.3 Å². The molecule has 1 aliphatic rings. The summed E-state index contributed by atoms with van der Waals surface area (Å²) in [4.78, 5) is 11.7. The summed E-state index contributed by atoms with van der Waals surface area (Å²) in [5, 5.41) is 2.22. The number of oxazole rings is 1. The van der Waals surface area contributed by atoms with Gasteiger partial charge < -0.3 is 15.1 Å². The highest BCUT2D eigenvalue weighted by atomic mass is 32.1. The average molecular weight is 599 g/mol. The first-order valence-corrected chi connectivity index (χ1v) is 17.1. The largest absolute Gasteiger partial charge is 0.442 e. The second kappa shape index (κ2) is 15.3. The van der Waals surface area contributed by atoms with E-state index in [1.807, 2.05) is 17.4 Å². The number of benzene rings is 2. The molecule has 2 aromatic heterocycles. The maximum absolute atomic E-state index is 6.88. The van der Waals surface area contributed by atoms with Crippen molar-refractivity contribution in [3.05, 3.63) is 112 Å². The van der Waals surface area contributed by atoms with E-state index in [1.54, 1.807) is 0 Å². The van der Waals surface area contributed by atoms with Crippen LogP contribution in [0.3, 0.4) is 0 Å². The van der Waals surface area contributed by atoms with Crippen LogP contribution in [-0.4, -0.2) is 42.0 Å². The SMILES string of the molecule is CCN(CC)C(CC1CCC(C(c2cccs2)N(C)C)CC1)c1nc(Cc2ccccc2)c(C(N)Cc2ccccc2)o1. The zero-order chi connectivity index (χ0) is 30.2. The van der Waals surface area contributed by atoms with Gasteiger partial charge in [0.1, 0.15) is 5.76 Å². The van der Waals surface area contributed by atoms with Gasteiger partial charge in [-0.2, -0.15) is 0 Å². The van der Waals surface area contributed by atoms with Crippen molar-refractivity contribution in [3.8, 4) is 0 Å². The lowest BCUT2D eigenvalue weighted by atomic mass is 9.75. The predicted octanol–water partition coefficient (Wildman–Crippen LogP) is 8.45. The third kappa shape index (κ3) is 8.04. The fourth-order valence-electron chi connectivity index (χ4n) is 7.19. The molecule has 230 valence electrons. The van der Waals surface area contributed by atoms with Crippen LogP contribution in [0.5, 0.6) is 0 Å². The van der Waals surface area contributed by atoms with Gasteiger partial charge in [0, 0.05) is 17.3 Å². The van der Waals surface area contributed by atoms with Crippen molar-refractivity contribution in [2.75, 3.05) is 27.2 Å². The van der Waals surface area contributed by atoms with Crippen molar-refractivity contribution < 1.29 is 4.42 Å². The molecule has 0 saturated heterocycles. The van der Waals surface area contributed by atoms with E-state index >= 15 is 0 Å². The van der Waals surface area contributed by atoms with E-state index in [4.69, 9.17) is 15.1 Å². The second-order valence-electron chi connectivity index (χ2n) is 12.5. The van der Waals surface area contributed by atoms with Gasteiger partial charge in [-0.05, 0) is 87.3 Å². The van der Waals surface area contributed by atoms with Crippen LogP contribution < -0.4 is 5.73 Å². The standard InChI is InChI=1S/C37H50N4OS/c1-5-41(6-2)33(26-29-19-21-30(22-20-29)35(40(3)4)34-18-13-23-43-34)37-39-32(25-28-16-11-8-12-17-28)36(42-37)31(38)24-27-14-9-7-10-15-27/h7-18,23,29-31,33,35H,5-6,19-22,24-26,38H2,1-4H3. The summed E-state index contributed by atoms with van der Waals surface area (Å²) in [7, 11) is 4.48. The van der Waals surface area contributed by atoms with E-state index < -0.39 is 0 Å². The summed E-state index contributed by atoms with van der Waals surface area (Å²) < 4.78 is 6.77. The van der Waals surface area contributed by atoms with Gasteiger partial charge in [-0.1, -0.05) is 93.4 Å². The van der Waals surface area contributed by atoms with Crippen LogP contribution in [0.4, 0.5) is 0 Å². The zero-order valence-electron chi connectivity index (χ0n) is 26.5. The maximum Gasteiger partial charge on any atom is 0.212 e. The summed E-state index contributed by atoms with van der Waals surface area (Å²) >= 11 is 1.90. The molecule has 5 nitrogen and oxygen atoms in total. The fraction of sp³-hybridized carbons (Fsp3) is 0.486. The van der Waals surface area contributed by atoms with Crippen molar-refractivity contribution in [3.63, 3.8) is 0 Å². The molecule has 0 amide bonds. The Bertz CT molecular complexity index is 1340. The van der Waals surface area contributed by atoms with Gasteiger partial charge in [0.15, 0.2) is 0 Å². The molecule has 3 atom stereocenters. The summed E-state index contributed by atoms with van der Waals surface area (Å²) in [5.74, 6) is 3.06. The molecule has 3 unspecified atom stereocenters. The normalized spacial score (nSPS) is 19.5. The first-order chi connectivity index (χ1) is 21.0. The minimum absolute atomic E-state index is 0.158. The minimum atomic E-state index is -0.240. The highest BCUT2D eigenvalue weighted by Gasteiger charge is 2.34. The zero-order valence-corrected chi connectivity index (χ0v) is 27.3. The second-order valence-corrected chi connectivity index (χ2v) is 13.5. The van der Waals surface area contributed by atoms with Crippen LogP contribution in [0, 0.1) is 11.8 Å². The number of hydrogen-bond acceptors (Lipinski definition) is 6. The number of nitrogens with zero attached hydrogens (tertiary/aromatic N) is 3. The predicted molar refractivity (Wildman–Crippen MR) is 179 cm³/mol. The molecule has 1 saturated carbocycles. The molecule has 5 rings (SSSR count). The molecule has 0 bridgehead atoms. The molecule has 2 heterocycles. The number of rotatable bonds is 14. The van der Waals surface area contributed by atoms with E-state index in [0.717, 1.165) is 49.7 Å². The van der Waals surface area contributed by atoms with E-state index in [-0.39, 0.29) is 12.1 Å². The molecule has 1 aliphatic carbocycles. The van der Waals surface area contributed by atoms with Crippen molar-refractivity contribution >= 4 is 11.3 Å². The molecule has 0 spiro atoms. The molecule has 2 aromatic carbocycles. The Kier molecular flexibility index (Phi) is 11.3. The molecular formula is C37H50N4OS. The smallest absolute Gasteiger partial charge is 0.212 e. The van der Waals surface area contributed by atoms with Crippen molar-refractivity contribution in [2.24, 2.45) is 17.6 Å². The first kappa shape index (κ1) is 31.6. The maximum atomic E-state index is 6.88. The third-order valence-electron chi connectivity index (χ3n) is 9.42. The minimum Gasteiger partial charge on any atom is -0.442 e. The number of thiophene rings is 1. The number of hydrogen-bond donors (Lipinski definition) is 1. The van der Waals surface area contributed by atoms with Gasteiger partial charge in [0.25, 0.3) is 0 Å². The van der Waals surface area contributed by atoms with Crippen LogP contribution in [0.25, 0.3) is 0 Å². The third-order valence-corrected chi connectivity index (χ3v) is 10.4. The summed E-state index contributed by atoms with van der Waals surface area (Å²) in [6.45, 7) is 6.46. The van der Waals surface area contributed by atoms with E-state index in [1.165, 1.54) is 41.7 Å². The monoisotopic (exact) mass is 598 g/mol. The molecule has 0 aliphatic heterocycles. The van der Waals surface area contributed by atoms with Crippen molar-refractivity contribution in [2.45, 2.75) is 76.9 Å². The van der Waals surface area contributed by atoms with Gasteiger partial charge in [-0.3, -0.25) is 4.90 Å². The highest BCUT2D eigenvalue weighted by Crippen LogP contribution is 2.43. The lowest BCUT2D eigenvalue weighted by Crippen LogP contribution is -2.33. The molecular weight excluding hydrogens is 549 g/mol. The van der Waals surface area contributed by atoms with Gasteiger partial charge in [0.2, 0.25) is 5.89 Å². The van der Waals surface area contributed by atoms with E-state index in [9.17, 15) is 0 Å². The molecule has 1 fully saturated rings. The van der Waals surface area contributed by atoms with Crippen molar-refractivity contribution in [1.29, 1.82) is 0 Å². The highest BCUT2D eigenvalue weighted by molar-refractivity contribution is 7.10. The van der Waals surface area contributed by atoms with E-state index in [0.29, 0.717) is 17.9 Å². The number of nitrogens with two attached hydrogens (primary N) is 1. The molecule has 4 aromatic rings. The summed E-state index contributed by atoms with van der Waals surface area (Å²) in [6.07, 6.45) is 7.61. The Morgan fingerprint density at radius 3 is 2.12 bits per heavy atom. The summed E-state index contributed by atoms with van der Waals surface area (Å²) in [6, 6.07) is 26.0. The Morgan fingerprint density at radius 2 is 1.53 bits per heavy atom. The van der Waals surface area contributed by atoms with Gasteiger partial charge in [-0.25, -0.2) is 4.98 Å². The Labute approximate surface area is 263 Å². The Hall–Kier alpha value is -2.77. The quantitative estimate of drug-likeness (QED) is 0.158. The van der Waals surface area contributed by atoms with E-state index in [2.05, 4.69) is 110 Å².